The molecule has 0 aliphatic carbocycles. The van der Waals surface area contributed by atoms with Gasteiger partial charge in [0.1, 0.15) is 0 Å². The number of aryl methyl sites for hydroxylation is 1. The highest BCUT2D eigenvalue weighted by Gasteiger charge is 2.21. The number of halogens is 1. The molecule has 2 aliphatic rings. The second kappa shape index (κ2) is 7.29. The van der Waals surface area contributed by atoms with E-state index in [0.717, 1.165) is 19.0 Å². The van der Waals surface area contributed by atoms with E-state index in [9.17, 15) is 0 Å². The number of hydrogen-bond donors (Lipinski definition) is 1. The van der Waals surface area contributed by atoms with Gasteiger partial charge in [0.15, 0.2) is 0 Å². The average Bonchev–Trinajstić information content (AvgIpc) is 2.87. The minimum absolute atomic E-state index is 0. The van der Waals surface area contributed by atoms with Crippen LogP contribution in [-0.4, -0.2) is 60.5 Å². The first-order chi connectivity index (χ1) is 9.31. The van der Waals surface area contributed by atoms with E-state index in [1.54, 1.807) is 0 Å². The fourth-order valence-corrected chi connectivity index (χ4v) is 3.19. The third kappa shape index (κ3) is 3.87. The summed E-state index contributed by atoms with van der Waals surface area (Å²) in [5.74, 6) is 0.909. The fourth-order valence-electron chi connectivity index (χ4n) is 3.19. The molecular weight excluding hydrogens is 274 g/mol. The summed E-state index contributed by atoms with van der Waals surface area (Å²) in [6.07, 6.45) is 6.79. The molecule has 3 heterocycles. The van der Waals surface area contributed by atoms with E-state index < -0.39 is 0 Å². The lowest BCUT2D eigenvalue weighted by Gasteiger charge is -2.37. The van der Waals surface area contributed by atoms with Gasteiger partial charge in [-0.25, -0.2) is 0 Å². The summed E-state index contributed by atoms with van der Waals surface area (Å²) in [7, 11) is 1.98. The number of nitrogens with zero attached hydrogens (tertiary/aromatic N) is 4. The fraction of sp³-hybridized carbons (Fsp3) is 0.786. The van der Waals surface area contributed by atoms with Crippen LogP contribution in [0.25, 0.3) is 0 Å². The minimum Gasteiger partial charge on any atom is -0.366 e. The average molecular weight is 300 g/mol. The summed E-state index contributed by atoms with van der Waals surface area (Å²) < 4.78 is 1.89. The van der Waals surface area contributed by atoms with E-state index in [-0.39, 0.29) is 12.4 Å². The Balaban J connectivity index is 0.00000147. The predicted octanol–water partition coefficient (Wildman–Crippen LogP) is 0.964. The Morgan fingerprint density at radius 2 is 1.90 bits per heavy atom. The molecule has 0 unspecified atom stereocenters. The highest BCUT2D eigenvalue weighted by molar-refractivity contribution is 5.85. The Morgan fingerprint density at radius 3 is 2.50 bits per heavy atom. The van der Waals surface area contributed by atoms with Crippen molar-refractivity contribution in [1.29, 1.82) is 0 Å². The molecule has 0 amide bonds. The van der Waals surface area contributed by atoms with Crippen molar-refractivity contribution < 1.29 is 0 Å². The van der Waals surface area contributed by atoms with Crippen LogP contribution in [0, 0.1) is 5.92 Å². The molecule has 0 atom stereocenters. The van der Waals surface area contributed by atoms with Crippen molar-refractivity contribution in [1.82, 2.24) is 20.0 Å². The van der Waals surface area contributed by atoms with Gasteiger partial charge >= 0.3 is 0 Å². The van der Waals surface area contributed by atoms with Crippen LogP contribution in [0.1, 0.15) is 12.8 Å². The van der Waals surface area contributed by atoms with Crippen LogP contribution in [0.2, 0.25) is 0 Å². The van der Waals surface area contributed by atoms with Crippen LogP contribution < -0.4 is 10.2 Å². The SMILES string of the molecule is Cl.Cn1cc(N2CCN(CC3CCNCC3)CC2)cn1. The number of hydrogen-bond acceptors (Lipinski definition) is 4. The highest BCUT2D eigenvalue weighted by Crippen LogP contribution is 2.18. The number of piperidine rings is 1. The Hall–Kier alpha value is -0.780. The van der Waals surface area contributed by atoms with Gasteiger partial charge in [-0.2, -0.15) is 5.10 Å². The molecule has 6 heteroatoms. The largest absolute Gasteiger partial charge is 0.366 e. The zero-order valence-corrected chi connectivity index (χ0v) is 13.1. The van der Waals surface area contributed by atoms with Gasteiger partial charge in [-0.15, -0.1) is 12.4 Å². The van der Waals surface area contributed by atoms with Gasteiger partial charge in [0.25, 0.3) is 0 Å². The van der Waals surface area contributed by atoms with Crippen molar-refractivity contribution >= 4 is 18.1 Å². The first kappa shape index (κ1) is 15.6. The zero-order valence-electron chi connectivity index (χ0n) is 12.3. The molecular formula is C14H26ClN5. The monoisotopic (exact) mass is 299 g/mol. The Kier molecular flexibility index (Phi) is 5.69. The molecule has 1 aromatic heterocycles. The number of rotatable bonds is 3. The van der Waals surface area contributed by atoms with E-state index in [1.165, 1.54) is 51.3 Å². The lowest BCUT2D eigenvalue weighted by Crippen LogP contribution is -2.48. The Labute approximate surface area is 127 Å². The quantitative estimate of drug-likeness (QED) is 0.902. The molecule has 0 bridgehead atoms. The molecule has 0 radical (unpaired) electrons. The Bertz CT molecular complexity index is 394. The number of aromatic nitrogens is 2. The molecule has 1 N–H and O–H groups in total. The van der Waals surface area contributed by atoms with Crippen molar-refractivity contribution in [3.8, 4) is 0 Å². The van der Waals surface area contributed by atoms with E-state index >= 15 is 0 Å². The summed E-state index contributed by atoms with van der Waals surface area (Å²) in [6, 6.07) is 0. The van der Waals surface area contributed by atoms with Crippen LogP contribution >= 0.6 is 12.4 Å². The molecule has 2 aliphatic heterocycles. The summed E-state index contributed by atoms with van der Waals surface area (Å²) in [6.45, 7) is 8.37. The normalized spacial score (nSPS) is 21.8. The summed E-state index contributed by atoms with van der Waals surface area (Å²) in [4.78, 5) is 5.09. The van der Waals surface area contributed by atoms with E-state index in [0.29, 0.717) is 0 Å². The number of piperazine rings is 1. The third-order valence-corrected chi connectivity index (χ3v) is 4.40. The lowest BCUT2D eigenvalue weighted by atomic mass is 9.97. The second-order valence-corrected chi connectivity index (χ2v) is 5.85. The van der Waals surface area contributed by atoms with Crippen LogP contribution in [0.15, 0.2) is 12.4 Å². The Morgan fingerprint density at radius 1 is 1.20 bits per heavy atom. The van der Waals surface area contributed by atoms with Crippen molar-refractivity contribution in [2.75, 3.05) is 50.7 Å². The second-order valence-electron chi connectivity index (χ2n) is 5.85. The first-order valence-corrected chi connectivity index (χ1v) is 7.48. The van der Waals surface area contributed by atoms with Gasteiger partial charge in [-0.05, 0) is 31.8 Å². The van der Waals surface area contributed by atoms with Gasteiger partial charge in [-0.1, -0.05) is 0 Å². The van der Waals surface area contributed by atoms with Gasteiger partial charge in [-0.3, -0.25) is 9.58 Å². The van der Waals surface area contributed by atoms with Gasteiger partial charge in [0, 0.05) is 46.0 Å². The molecule has 5 nitrogen and oxygen atoms in total. The standard InChI is InChI=1S/C14H25N5.ClH/c1-17-12-14(10-16-17)19-8-6-18(7-9-19)11-13-2-4-15-5-3-13;/h10,12-13,15H,2-9,11H2,1H3;1H. The van der Waals surface area contributed by atoms with E-state index in [4.69, 9.17) is 0 Å². The van der Waals surface area contributed by atoms with Gasteiger partial charge in [0.05, 0.1) is 11.9 Å². The van der Waals surface area contributed by atoms with Crippen LogP contribution in [0.3, 0.4) is 0 Å². The third-order valence-electron chi connectivity index (χ3n) is 4.40. The summed E-state index contributed by atoms with van der Waals surface area (Å²) in [5.41, 5.74) is 1.27. The minimum atomic E-state index is 0. The highest BCUT2D eigenvalue weighted by atomic mass is 35.5. The molecule has 0 saturated carbocycles. The first-order valence-electron chi connectivity index (χ1n) is 7.48. The van der Waals surface area contributed by atoms with Crippen molar-refractivity contribution in [2.24, 2.45) is 13.0 Å². The summed E-state index contributed by atoms with van der Waals surface area (Å²) in [5, 5.41) is 7.71. The molecule has 0 spiro atoms. The van der Waals surface area contributed by atoms with Gasteiger partial charge < -0.3 is 10.2 Å². The van der Waals surface area contributed by atoms with Crippen molar-refractivity contribution in [2.45, 2.75) is 12.8 Å². The van der Waals surface area contributed by atoms with Crippen LogP contribution in [0.4, 0.5) is 5.69 Å². The predicted molar refractivity (Wildman–Crippen MR) is 84.7 cm³/mol. The lowest BCUT2D eigenvalue weighted by molar-refractivity contribution is 0.196. The topological polar surface area (TPSA) is 36.3 Å². The maximum absolute atomic E-state index is 4.26. The van der Waals surface area contributed by atoms with E-state index in [1.807, 2.05) is 17.9 Å². The molecule has 0 aromatic carbocycles. The maximum Gasteiger partial charge on any atom is 0.0753 e. The van der Waals surface area contributed by atoms with Crippen LogP contribution in [0.5, 0.6) is 0 Å². The molecule has 1 aromatic rings. The summed E-state index contributed by atoms with van der Waals surface area (Å²) >= 11 is 0. The smallest absolute Gasteiger partial charge is 0.0753 e. The zero-order chi connectivity index (χ0) is 13.1. The molecule has 114 valence electrons. The molecule has 2 fully saturated rings. The molecule has 3 rings (SSSR count). The number of anilines is 1. The van der Waals surface area contributed by atoms with Crippen molar-refractivity contribution in [3.63, 3.8) is 0 Å². The van der Waals surface area contributed by atoms with Crippen LogP contribution in [-0.2, 0) is 7.05 Å². The van der Waals surface area contributed by atoms with E-state index in [2.05, 4.69) is 26.4 Å². The molecule has 20 heavy (non-hydrogen) atoms. The maximum atomic E-state index is 4.26. The molecule has 2 saturated heterocycles. The van der Waals surface area contributed by atoms with Crippen molar-refractivity contribution in [3.05, 3.63) is 12.4 Å². The van der Waals surface area contributed by atoms with Gasteiger partial charge in [0.2, 0.25) is 0 Å². The number of nitrogens with one attached hydrogen (secondary N) is 1.